The molecule has 9 nitrogen and oxygen atoms in total. The third-order valence-corrected chi connectivity index (χ3v) is 11.7. The number of allylic oxidation sites excluding steroid dienone is 14. The molecule has 10 heteroatoms. The van der Waals surface area contributed by atoms with Gasteiger partial charge in [-0.15, -0.1) is 0 Å². The highest BCUT2D eigenvalue weighted by Crippen LogP contribution is 2.43. The van der Waals surface area contributed by atoms with Crippen LogP contribution < -0.4 is 0 Å². The van der Waals surface area contributed by atoms with Crippen molar-refractivity contribution in [2.45, 2.75) is 206 Å². The number of quaternary nitrogens is 1. The lowest BCUT2D eigenvalue weighted by atomic mass is 10.0. The Labute approximate surface area is 399 Å². The van der Waals surface area contributed by atoms with E-state index in [0.717, 1.165) is 83.5 Å². The molecule has 0 bridgehead atoms. The van der Waals surface area contributed by atoms with Gasteiger partial charge in [0.05, 0.1) is 27.7 Å². The second-order valence-electron chi connectivity index (χ2n) is 18.2. The Morgan fingerprint density at radius 2 is 0.877 bits per heavy atom. The third-order valence-electron chi connectivity index (χ3n) is 10.7. The standard InChI is InChI=1S/C55H96NO8P/c1-6-8-10-12-14-16-18-20-22-24-25-26-27-28-29-30-31-32-34-36-38-40-42-44-46-48-55(58)64-53(52-63-65(59,60)62-50-49-56(3,4)5)51-61-54(57)47-45-43-41-39-37-35-33-23-21-19-17-15-13-11-9-7-2/h8,10,14,16,20,22,25-26,28-29,31-32,36,38,53H,6-7,9,11-13,15,17-19,21,23-24,27,30,33-35,37,39-52H2,1-5H3/p+1/b10-8-,16-14-,22-20-,26-25-,29-28-,32-31-,38-36-. The summed E-state index contributed by atoms with van der Waals surface area (Å²) in [5.74, 6) is -0.837. The second-order valence-corrected chi connectivity index (χ2v) is 19.6. The number of carbonyl (C=O) groups excluding carboxylic acids is 2. The van der Waals surface area contributed by atoms with E-state index in [2.05, 4.69) is 98.9 Å². The van der Waals surface area contributed by atoms with Crippen molar-refractivity contribution >= 4 is 19.8 Å². The maximum Gasteiger partial charge on any atom is 0.472 e. The summed E-state index contributed by atoms with van der Waals surface area (Å²) < 4.78 is 34.4. The summed E-state index contributed by atoms with van der Waals surface area (Å²) >= 11 is 0. The predicted octanol–water partition coefficient (Wildman–Crippen LogP) is 15.5. The van der Waals surface area contributed by atoms with Crippen LogP contribution >= 0.6 is 7.82 Å². The molecular weight excluding hydrogens is 834 g/mol. The monoisotopic (exact) mass is 931 g/mol. The van der Waals surface area contributed by atoms with Gasteiger partial charge in [-0.3, -0.25) is 18.6 Å². The minimum absolute atomic E-state index is 0.0216. The molecule has 0 rings (SSSR count). The molecule has 0 saturated carbocycles. The molecule has 0 aliphatic rings. The first kappa shape index (κ1) is 62.2. The molecule has 0 amide bonds. The topological polar surface area (TPSA) is 108 Å². The highest BCUT2D eigenvalue weighted by atomic mass is 31.2. The van der Waals surface area contributed by atoms with Gasteiger partial charge >= 0.3 is 19.8 Å². The van der Waals surface area contributed by atoms with Gasteiger partial charge in [-0.05, 0) is 70.6 Å². The Balaban J connectivity index is 4.34. The van der Waals surface area contributed by atoms with Crippen LogP contribution in [0.1, 0.15) is 200 Å². The van der Waals surface area contributed by atoms with Crippen molar-refractivity contribution in [1.29, 1.82) is 0 Å². The summed E-state index contributed by atoms with van der Waals surface area (Å²) in [6, 6.07) is 0. The van der Waals surface area contributed by atoms with E-state index in [4.69, 9.17) is 18.5 Å². The van der Waals surface area contributed by atoms with E-state index in [1.54, 1.807) is 0 Å². The Morgan fingerprint density at radius 1 is 0.492 bits per heavy atom. The van der Waals surface area contributed by atoms with Crippen molar-refractivity contribution < 1.29 is 42.1 Å². The first-order valence-electron chi connectivity index (χ1n) is 25.8. The highest BCUT2D eigenvalue weighted by molar-refractivity contribution is 7.47. The average molecular weight is 931 g/mol. The fourth-order valence-corrected chi connectivity index (χ4v) is 7.44. The van der Waals surface area contributed by atoms with Crippen molar-refractivity contribution in [1.82, 2.24) is 0 Å². The van der Waals surface area contributed by atoms with Crippen LogP contribution in [0.5, 0.6) is 0 Å². The number of hydrogen-bond acceptors (Lipinski definition) is 7. The van der Waals surface area contributed by atoms with Gasteiger partial charge in [-0.25, -0.2) is 4.57 Å². The van der Waals surface area contributed by atoms with Crippen LogP contribution in [0, 0.1) is 0 Å². The Kier molecular flexibility index (Phi) is 44.3. The molecule has 0 aliphatic carbocycles. The number of carbonyl (C=O) groups is 2. The fourth-order valence-electron chi connectivity index (χ4n) is 6.70. The number of unbranched alkanes of at least 4 members (excludes halogenated alkanes) is 18. The van der Waals surface area contributed by atoms with Gasteiger partial charge in [0.15, 0.2) is 6.10 Å². The molecule has 0 heterocycles. The van der Waals surface area contributed by atoms with Crippen LogP contribution in [-0.2, 0) is 32.7 Å². The number of phosphoric ester groups is 1. The lowest BCUT2D eigenvalue weighted by molar-refractivity contribution is -0.870. The lowest BCUT2D eigenvalue weighted by Crippen LogP contribution is -2.37. The maximum absolute atomic E-state index is 12.8. The van der Waals surface area contributed by atoms with Gasteiger partial charge in [0, 0.05) is 12.8 Å². The summed E-state index contributed by atoms with van der Waals surface area (Å²) in [5.41, 5.74) is 0. The summed E-state index contributed by atoms with van der Waals surface area (Å²) in [7, 11) is 1.45. The van der Waals surface area contributed by atoms with Gasteiger partial charge in [0.1, 0.15) is 19.8 Å². The molecule has 0 aromatic rings. The number of nitrogens with zero attached hydrogens (tertiary/aromatic N) is 1. The zero-order valence-corrected chi connectivity index (χ0v) is 43.1. The van der Waals surface area contributed by atoms with E-state index >= 15 is 0 Å². The van der Waals surface area contributed by atoms with Gasteiger partial charge in [0.2, 0.25) is 0 Å². The number of hydrogen-bond donors (Lipinski definition) is 1. The zero-order chi connectivity index (χ0) is 47.8. The largest absolute Gasteiger partial charge is 0.472 e. The molecule has 0 aromatic carbocycles. The Bertz CT molecular complexity index is 1380. The van der Waals surface area contributed by atoms with Gasteiger partial charge < -0.3 is 18.9 Å². The second kappa shape index (κ2) is 46.3. The zero-order valence-electron chi connectivity index (χ0n) is 42.2. The molecule has 0 radical (unpaired) electrons. The first-order chi connectivity index (χ1) is 31.5. The fraction of sp³-hybridized carbons (Fsp3) is 0.709. The Morgan fingerprint density at radius 3 is 1.31 bits per heavy atom. The minimum Gasteiger partial charge on any atom is -0.462 e. The van der Waals surface area contributed by atoms with Crippen LogP contribution in [-0.4, -0.2) is 74.9 Å². The van der Waals surface area contributed by atoms with Crippen molar-refractivity contribution in [3.8, 4) is 0 Å². The van der Waals surface area contributed by atoms with Crippen molar-refractivity contribution in [3.63, 3.8) is 0 Å². The molecular formula is C55H97NO8P+. The summed E-state index contributed by atoms with van der Waals surface area (Å²) in [6.45, 7) is 4.28. The highest BCUT2D eigenvalue weighted by Gasteiger charge is 2.27. The Hall–Kier alpha value is -2.81. The molecule has 1 N–H and O–H groups in total. The number of phosphoric acid groups is 1. The van der Waals surface area contributed by atoms with Crippen molar-refractivity contribution in [2.75, 3.05) is 47.5 Å². The van der Waals surface area contributed by atoms with Crippen molar-refractivity contribution in [3.05, 3.63) is 85.1 Å². The first-order valence-corrected chi connectivity index (χ1v) is 27.3. The van der Waals surface area contributed by atoms with Crippen LogP contribution in [0.3, 0.4) is 0 Å². The molecule has 374 valence electrons. The smallest absolute Gasteiger partial charge is 0.462 e. The average Bonchev–Trinajstić information content (AvgIpc) is 3.26. The molecule has 0 spiro atoms. The number of ether oxygens (including phenoxy) is 2. The summed E-state index contributed by atoms with van der Waals surface area (Å²) in [6.07, 6.45) is 60.6. The van der Waals surface area contributed by atoms with Crippen LogP contribution in [0.15, 0.2) is 85.1 Å². The molecule has 0 aliphatic heterocycles. The van der Waals surface area contributed by atoms with Crippen LogP contribution in [0.25, 0.3) is 0 Å². The number of esters is 2. The van der Waals surface area contributed by atoms with E-state index < -0.39 is 26.5 Å². The maximum atomic E-state index is 12.8. The number of likely N-dealkylation sites (N-methyl/N-ethyl adjacent to an activating group) is 1. The van der Waals surface area contributed by atoms with E-state index in [9.17, 15) is 19.0 Å². The van der Waals surface area contributed by atoms with Gasteiger partial charge in [0.25, 0.3) is 0 Å². The molecule has 0 saturated heterocycles. The van der Waals surface area contributed by atoms with E-state index in [-0.39, 0.29) is 32.0 Å². The molecule has 0 aromatic heterocycles. The van der Waals surface area contributed by atoms with Gasteiger partial charge in [-0.1, -0.05) is 202 Å². The predicted molar refractivity (Wildman–Crippen MR) is 275 cm³/mol. The SMILES string of the molecule is CC/C=C\C/C=C\C/C=C\C/C=C\C/C=C\C/C=C\C/C=C\CCCCCC(=O)OC(COC(=O)CCCCCCCCCCCCCCCCCC)COP(=O)(O)OCC[N+](C)(C)C. The van der Waals surface area contributed by atoms with Crippen LogP contribution in [0.4, 0.5) is 0 Å². The molecule has 2 unspecified atom stereocenters. The minimum atomic E-state index is -4.39. The van der Waals surface area contributed by atoms with Gasteiger partial charge in [-0.2, -0.15) is 0 Å². The summed E-state index contributed by atoms with van der Waals surface area (Å²) in [5, 5.41) is 0. The van der Waals surface area contributed by atoms with E-state index in [1.807, 2.05) is 21.1 Å². The number of rotatable bonds is 46. The van der Waals surface area contributed by atoms with Crippen molar-refractivity contribution in [2.24, 2.45) is 0 Å². The molecule has 0 fully saturated rings. The van der Waals surface area contributed by atoms with Crippen LogP contribution in [0.2, 0.25) is 0 Å². The van der Waals surface area contributed by atoms with E-state index in [1.165, 1.54) is 83.5 Å². The normalized spacial score (nSPS) is 14.1. The van der Waals surface area contributed by atoms with E-state index in [0.29, 0.717) is 17.4 Å². The summed E-state index contributed by atoms with van der Waals surface area (Å²) in [4.78, 5) is 35.5. The quantitative estimate of drug-likeness (QED) is 0.0211. The molecule has 2 atom stereocenters. The lowest BCUT2D eigenvalue weighted by Gasteiger charge is -2.24. The third kappa shape index (κ3) is 50.4. The molecule has 65 heavy (non-hydrogen) atoms.